The number of hydrogen-bond donors (Lipinski definition) is 0. The Morgan fingerprint density at radius 2 is 1.68 bits per heavy atom. The van der Waals surface area contributed by atoms with Crippen molar-refractivity contribution in [2.75, 3.05) is 26.3 Å². The third-order valence-electron chi connectivity index (χ3n) is 6.05. The Balaban J connectivity index is 1.64. The Morgan fingerprint density at radius 3 is 2.35 bits per heavy atom. The fraction of sp³-hybridized carbons (Fsp3) is 0.423. The number of hydrogen-bond acceptors (Lipinski definition) is 5. The normalized spacial score (nSPS) is 15.6. The third kappa shape index (κ3) is 5.86. The highest BCUT2D eigenvalue weighted by Gasteiger charge is 2.26. The Labute approximate surface area is 206 Å². The number of aryl methyl sites for hydroxylation is 1. The zero-order chi connectivity index (χ0) is 24.0. The largest absolute Gasteiger partial charge is 0.379 e. The fourth-order valence-electron chi connectivity index (χ4n) is 4.03. The van der Waals surface area contributed by atoms with Crippen LogP contribution in [0.4, 0.5) is 5.69 Å². The summed E-state index contributed by atoms with van der Waals surface area (Å²) in [4.78, 5) is 6.20. The minimum absolute atomic E-state index is 0.326. The van der Waals surface area contributed by atoms with Gasteiger partial charge >= 0.3 is 0 Å². The van der Waals surface area contributed by atoms with E-state index in [1.54, 1.807) is 23.5 Å². The van der Waals surface area contributed by atoms with Crippen LogP contribution in [-0.4, -0.2) is 43.6 Å². The lowest BCUT2D eigenvalue weighted by atomic mass is 10.1. The minimum Gasteiger partial charge on any atom is -0.379 e. The monoisotopic (exact) mass is 499 g/mol. The summed E-state index contributed by atoms with van der Waals surface area (Å²) in [7, 11) is -3.50. The molecule has 4 rings (SSSR count). The Hall–Kier alpha value is -2.26. The summed E-state index contributed by atoms with van der Waals surface area (Å²) in [6.45, 7) is 6.86. The second-order valence-corrected chi connectivity index (χ2v) is 11.4. The van der Waals surface area contributed by atoms with Gasteiger partial charge in [0.1, 0.15) is 0 Å². The van der Waals surface area contributed by atoms with E-state index < -0.39 is 10.0 Å². The lowest BCUT2D eigenvalue weighted by molar-refractivity contribution is 0.0730. The van der Waals surface area contributed by atoms with E-state index in [2.05, 4.69) is 35.9 Å². The van der Waals surface area contributed by atoms with Crippen LogP contribution in [0.2, 0.25) is 0 Å². The summed E-state index contributed by atoms with van der Waals surface area (Å²) in [6.07, 6.45) is 4.68. The van der Waals surface area contributed by atoms with Crippen molar-refractivity contribution < 1.29 is 13.2 Å². The first kappa shape index (κ1) is 24.9. The van der Waals surface area contributed by atoms with Crippen LogP contribution in [0.15, 0.2) is 63.8 Å². The number of sulfonamides is 1. The molecule has 1 aliphatic heterocycles. The second kappa shape index (κ2) is 11.4. The standard InChI is InChI=1S/C26H33N3O3S2/c1-3-4-5-6-15-29-25(20-33-26(29)27-23-11-7-21(2)8-12-23)22-9-13-24(14-10-22)34(30,31)28-16-18-32-19-17-28/h7-14,20H,3-6,15-19H2,1-2H3. The highest BCUT2D eigenvalue weighted by atomic mass is 32.2. The molecule has 34 heavy (non-hydrogen) atoms. The summed E-state index contributed by atoms with van der Waals surface area (Å²) in [5.74, 6) is 0. The molecular weight excluding hydrogens is 466 g/mol. The van der Waals surface area contributed by atoms with Gasteiger partial charge in [-0.1, -0.05) is 56.0 Å². The topological polar surface area (TPSA) is 63.9 Å². The Bertz CT molecular complexity index is 1240. The van der Waals surface area contributed by atoms with Crippen LogP contribution in [0.25, 0.3) is 11.3 Å². The van der Waals surface area contributed by atoms with Crippen molar-refractivity contribution in [1.82, 2.24) is 8.87 Å². The average Bonchev–Trinajstić information content (AvgIpc) is 3.26. The molecule has 2 aromatic carbocycles. The molecule has 0 bridgehead atoms. The van der Waals surface area contributed by atoms with Crippen molar-refractivity contribution in [3.8, 4) is 11.3 Å². The summed E-state index contributed by atoms with van der Waals surface area (Å²) in [5, 5.41) is 2.12. The number of aromatic nitrogens is 1. The lowest BCUT2D eigenvalue weighted by Crippen LogP contribution is -2.40. The number of unbranched alkanes of at least 4 members (excludes halogenated alkanes) is 3. The van der Waals surface area contributed by atoms with E-state index in [0.29, 0.717) is 31.2 Å². The molecule has 1 fully saturated rings. The predicted octanol–water partition coefficient (Wildman–Crippen LogP) is 5.36. The highest BCUT2D eigenvalue weighted by molar-refractivity contribution is 7.89. The van der Waals surface area contributed by atoms with Gasteiger partial charge < -0.3 is 9.30 Å². The predicted molar refractivity (Wildman–Crippen MR) is 138 cm³/mol. The summed E-state index contributed by atoms with van der Waals surface area (Å²) < 4.78 is 35.1. The van der Waals surface area contributed by atoms with Gasteiger partial charge in [0, 0.05) is 25.0 Å². The van der Waals surface area contributed by atoms with Gasteiger partial charge in [-0.15, -0.1) is 11.3 Å². The van der Waals surface area contributed by atoms with Crippen molar-refractivity contribution >= 4 is 27.0 Å². The first-order valence-corrected chi connectivity index (χ1v) is 14.3. The molecule has 0 saturated carbocycles. The average molecular weight is 500 g/mol. The van der Waals surface area contributed by atoms with Gasteiger partial charge in [0.05, 0.1) is 29.5 Å². The molecule has 1 aromatic heterocycles. The molecule has 1 aliphatic rings. The molecule has 0 unspecified atom stereocenters. The quantitative estimate of drug-likeness (QED) is 0.373. The zero-order valence-electron chi connectivity index (χ0n) is 19.9. The van der Waals surface area contributed by atoms with Crippen LogP contribution in [0.5, 0.6) is 0 Å². The molecule has 0 atom stereocenters. The van der Waals surface area contributed by atoms with Gasteiger partial charge in [-0.3, -0.25) is 0 Å². The van der Waals surface area contributed by atoms with E-state index in [1.165, 1.54) is 29.1 Å². The maximum absolute atomic E-state index is 13.0. The van der Waals surface area contributed by atoms with Gasteiger partial charge in [-0.05, 0) is 43.2 Å². The number of nitrogens with zero attached hydrogens (tertiary/aromatic N) is 3. The molecule has 8 heteroatoms. The number of rotatable bonds is 9. The van der Waals surface area contributed by atoms with E-state index in [-0.39, 0.29) is 0 Å². The zero-order valence-corrected chi connectivity index (χ0v) is 21.6. The third-order valence-corrected chi connectivity index (χ3v) is 8.83. The van der Waals surface area contributed by atoms with E-state index >= 15 is 0 Å². The second-order valence-electron chi connectivity index (χ2n) is 8.60. The molecule has 1 saturated heterocycles. The van der Waals surface area contributed by atoms with Gasteiger partial charge in [0.15, 0.2) is 4.80 Å². The molecule has 3 aromatic rings. The SMILES string of the molecule is CCCCCCn1c(-c2ccc(S(=O)(=O)N3CCOCC3)cc2)csc1=Nc1ccc(C)cc1. The maximum Gasteiger partial charge on any atom is 0.243 e. The van der Waals surface area contributed by atoms with E-state index in [1.807, 2.05) is 24.3 Å². The van der Waals surface area contributed by atoms with Gasteiger partial charge in [0.2, 0.25) is 10.0 Å². The van der Waals surface area contributed by atoms with Crippen LogP contribution >= 0.6 is 11.3 Å². The Morgan fingerprint density at radius 1 is 0.971 bits per heavy atom. The van der Waals surface area contributed by atoms with Crippen LogP contribution in [0.1, 0.15) is 38.2 Å². The van der Waals surface area contributed by atoms with Crippen molar-refractivity contribution in [3.63, 3.8) is 0 Å². The van der Waals surface area contributed by atoms with Gasteiger partial charge in [-0.2, -0.15) is 4.31 Å². The van der Waals surface area contributed by atoms with Crippen molar-refractivity contribution in [3.05, 3.63) is 64.3 Å². The van der Waals surface area contributed by atoms with Crippen molar-refractivity contribution in [2.24, 2.45) is 4.99 Å². The summed E-state index contributed by atoms with van der Waals surface area (Å²) >= 11 is 1.62. The fourth-order valence-corrected chi connectivity index (χ4v) is 6.39. The smallest absolute Gasteiger partial charge is 0.243 e. The van der Waals surface area contributed by atoms with Crippen LogP contribution in [0, 0.1) is 6.92 Å². The molecule has 0 radical (unpaired) electrons. The number of thiazole rings is 1. The van der Waals surface area contributed by atoms with E-state index in [4.69, 9.17) is 9.73 Å². The first-order chi connectivity index (χ1) is 16.5. The number of ether oxygens (including phenoxy) is 1. The number of morpholine rings is 1. The van der Waals surface area contributed by atoms with Gasteiger partial charge in [0.25, 0.3) is 0 Å². The summed E-state index contributed by atoms with van der Waals surface area (Å²) in [6, 6.07) is 15.5. The molecule has 6 nitrogen and oxygen atoms in total. The van der Waals surface area contributed by atoms with Crippen LogP contribution in [0.3, 0.4) is 0 Å². The minimum atomic E-state index is -3.50. The molecule has 0 aliphatic carbocycles. The number of benzene rings is 2. The van der Waals surface area contributed by atoms with E-state index in [9.17, 15) is 8.42 Å². The molecule has 2 heterocycles. The molecule has 0 spiro atoms. The maximum atomic E-state index is 13.0. The van der Waals surface area contributed by atoms with Crippen LogP contribution in [-0.2, 0) is 21.3 Å². The van der Waals surface area contributed by atoms with Crippen LogP contribution < -0.4 is 4.80 Å². The van der Waals surface area contributed by atoms with Crippen molar-refractivity contribution in [2.45, 2.75) is 51.0 Å². The molecule has 0 N–H and O–H groups in total. The van der Waals surface area contributed by atoms with Crippen molar-refractivity contribution in [1.29, 1.82) is 0 Å². The Kier molecular flexibility index (Phi) is 8.37. The molecule has 0 amide bonds. The molecule has 182 valence electrons. The summed E-state index contributed by atoms with van der Waals surface area (Å²) in [5.41, 5.74) is 4.22. The molecular formula is C26H33N3O3S2. The van der Waals surface area contributed by atoms with Gasteiger partial charge in [-0.25, -0.2) is 13.4 Å². The lowest BCUT2D eigenvalue weighted by Gasteiger charge is -2.26. The van der Waals surface area contributed by atoms with E-state index in [0.717, 1.165) is 34.7 Å². The first-order valence-electron chi connectivity index (χ1n) is 12.0. The highest BCUT2D eigenvalue weighted by Crippen LogP contribution is 2.25.